The first kappa shape index (κ1) is 11.7. The Morgan fingerprint density at radius 1 is 1.27 bits per heavy atom. The fourth-order valence-electron chi connectivity index (χ4n) is 1.43. The molecule has 0 aromatic heterocycles. The van der Waals surface area contributed by atoms with E-state index < -0.39 is 0 Å². The summed E-state index contributed by atoms with van der Waals surface area (Å²) in [6.07, 6.45) is 0. The Morgan fingerprint density at radius 3 is 2.53 bits per heavy atom. The van der Waals surface area contributed by atoms with Crippen LogP contribution in [0.4, 0.5) is 17.1 Å². The van der Waals surface area contributed by atoms with E-state index in [1.165, 1.54) is 0 Å². The second-order valence-corrected chi connectivity index (χ2v) is 3.39. The van der Waals surface area contributed by atoms with Crippen molar-refractivity contribution in [1.29, 1.82) is 0 Å². The van der Waals surface area contributed by atoms with E-state index in [1.54, 1.807) is 7.11 Å². The zero-order chi connectivity index (χ0) is 11.3. The van der Waals surface area contributed by atoms with Crippen molar-refractivity contribution in [2.24, 2.45) is 0 Å². The maximum Gasteiger partial charge on any atom is 0.0637 e. The normalized spacial score (nSPS) is 10.3. The third kappa shape index (κ3) is 3.02. The molecule has 0 spiro atoms. The molecule has 15 heavy (non-hydrogen) atoms. The molecule has 4 N–H and O–H groups in total. The molecule has 4 nitrogen and oxygen atoms in total. The largest absolute Gasteiger partial charge is 0.397 e. The van der Waals surface area contributed by atoms with Crippen LogP contribution in [0, 0.1) is 0 Å². The summed E-state index contributed by atoms with van der Waals surface area (Å²) in [7, 11) is 1.70. The number of anilines is 3. The number of rotatable bonds is 5. The Hall–Kier alpha value is -1.42. The monoisotopic (exact) mass is 209 g/mol. The SMILES string of the molecule is CCN(CCOC)c1ccc(N)c(N)c1. The summed E-state index contributed by atoms with van der Waals surface area (Å²) in [4.78, 5) is 2.19. The van der Waals surface area contributed by atoms with Crippen LogP contribution in [0.5, 0.6) is 0 Å². The number of hydrogen-bond acceptors (Lipinski definition) is 4. The highest BCUT2D eigenvalue weighted by Crippen LogP contribution is 2.22. The van der Waals surface area contributed by atoms with Gasteiger partial charge in [-0.05, 0) is 25.1 Å². The van der Waals surface area contributed by atoms with Crippen molar-refractivity contribution in [1.82, 2.24) is 0 Å². The van der Waals surface area contributed by atoms with Crippen molar-refractivity contribution in [3.05, 3.63) is 18.2 Å². The van der Waals surface area contributed by atoms with Gasteiger partial charge in [0.25, 0.3) is 0 Å². The summed E-state index contributed by atoms with van der Waals surface area (Å²) in [6.45, 7) is 4.59. The van der Waals surface area contributed by atoms with E-state index in [0.717, 1.165) is 18.8 Å². The molecule has 0 radical (unpaired) electrons. The number of methoxy groups -OCH3 is 1. The van der Waals surface area contributed by atoms with E-state index in [0.29, 0.717) is 18.0 Å². The highest BCUT2D eigenvalue weighted by molar-refractivity contribution is 5.69. The van der Waals surface area contributed by atoms with Crippen LogP contribution in [-0.4, -0.2) is 26.8 Å². The highest BCUT2D eigenvalue weighted by Gasteiger charge is 2.05. The zero-order valence-corrected chi connectivity index (χ0v) is 9.36. The van der Waals surface area contributed by atoms with Crippen molar-refractivity contribution in [2.45, 2.75) is 6.92 Å². The van der Waals surface area contributed by atoms with Crippen LogP contribution in [0.2, 0.25) is 0 Å². The molecule has 84 valence electrons. The van der Waals surface area contributed by atoms with E-state index in [-0.39, 0.29) is 0 Å². The summed E-state index contributed by atoms with van der Waals surface area (Å²) in [5.74, 6) is 0. The molecule has 1 aromatic rings. The van der Waals surface area contributed by atoms with Gasteiger partial charge in [-0.2, -0.15) is 0 Å². The van der Waals surface area contributed by atoms with Gasteiger partial charge >= 0.3 is 0 Å². The minimum Gasteiger partial charge on any atom is -0.397 e. The number of nitrogens with zero attached hydrogens (tertiary/aromatic N) is 1. The van der Waals surface area contributed by atoms with Crippen LogP contribution in [0.1, 0.15) is 6.92 Å². The minimum atomic E-state index is 0.626. The lowest BCUT2D eigenvalue weighted by molar-refractivity contribution is 0.205. The van der Waals surface area contributed by atoms with Gasteiger partial charge in [-0.15, -0.1) is 0 Å². The lowest BCUT2D eigenvalue weighted by Gasteiger charge is -2.23. The lowest BCUT2D eigenvalue weighted by atomic mass is 10.2. The third-order valence-electron chi connectivity index (χ3n) is 2.38. The summed E-state index contributed by atoms with van der Waals surface area (Å²) >= 11 is 0. The average molecular weight is 209 g/mol. The molecule has 0 saturated heterocycles. The number of nitrogen functional groups attached to an aromatic ring is 2. The molecule has 0 aliphatic heterocycles. The van der Waals surface area contributed by atoms with Crippen LogP contribution < -0.4 is 16.4 Å². The minimum absolute atomic E-state index is 0.626. The molecule has 0 saturated carbocycles. The second kappa shape index (κ2) is 5.46. The van der Waals surface area contributed by atoms with Crippen LogP contribution in [-0.2, 0) is 4.74 Å². The van der Waals surface area contributed by atoms with Gasteiger partial charge in [0, 0.05) is 25.9 Å². The topological polar surface area (TPSA) is 64.5 Å². The fourth-order valence-corrected chi connectivity index (χ4v) is 1.43. The summed E-state index contributed by atoms with van der Waals surface area (Å²) < 4.78 is 5.05. The molecule has 0 amide bonds. The summed E-state index contributed by atoms with van der Waals surface area (Å²) in [5.41, 5.74) is 13.8. The molecule has 0 aliphatic rings. The molecule has 0 unspecified atom stereocenters. The predicted molar refractivity (Wildman–Crippen MR) is 65.0 cm³/mol. The smallest absolute Gasteiger partial charge is 0.0637 e. The van der Waals surface area contributed by atoms with Gasteiger partial charge in [0.2, 0.25) is 0 Å². The van der Waals surface area contributed by atoms with Crippen molar-refractivity contribution in [3.8, 4) is 0 Å². The molecular weight excluding hydrogens is 190 g/mol. The first-order valence-corrected chi connectivity index (χ1v) is 5.08. The Balaban J connectivity index is 2.78. The van der Waals surface area contributed by atoms with Crippen LogP contribution in [0.25, 0.3) is 0 Å². The number of benzene rings is 1. The first-order valence-electron chi connectivity index (χ1n) is 5.08. The van der Waals surface area contributed by atoms with Gasteiger partial charge in [0.1, 0.15) is 0 Å². The number of nitrogens with two attached hydrogens (primary N) is 2. The zero-order valence-electron chi connectivity index (χ0n) is 9.36. The van der Waals surface area contributed by atoms with E-state index in [4.69, 9.17) is 16.2 Å². The molecular formula is C11H19N3O. The van der Waals surface area contributed by atoms with Gasteiger partial charge in [-0.1, -0.05) is 0 Å². The summed E-state index contributed by atoms with van der Waals surface area (Å²) in [5, 5.41) is 0. The molecule has 4 heteroatoms. The molecule has 1 aromatic carbocycles. The Morgan fingerprint density at radius 2 is 2.00 bits per heavy atom. The van der Waals surface area contributed by atoms with Gasteiger partial charge in [0.05, 0.1) is 18.0 Å². The predicted octanol–water partition coefficient (Wildman–Crippen LogP) is 1.32. The Bertz CT molecular complexity index is 315. The maximum absolute atomic E-state index is 5.76. The number of ether oxygens (including phenoxy) is 1. The second-order valence-electron chi connectivity index (χ2n) is 3.39. The third-order valence-corrected chi connectivity index (χ3v) is 2.38. The fraction of sp³-hybridized carbons (Fsp3) is 0.455. The number of likely N-dealkylation sites (N-methyl/N-ethyl adjacent to an activating group) is 1. The molecule has 0 aliphatic carbocycles. The van der Waals surface area contributed by atoms with Crippen LogP contribution in [0.15, 0.2) is 18.2 Å². The van der Waals surface area contributed by atoms with Crippen molar-refractivity contribution in [2.75, 3.05) is 43.2 Å². The van der Waals surface area contributed by atoms with Crippen LogP contribution >= 0.6 is 0 Å². The standard InChI is InChI=1S/C11H19N3O/c1-3-14(6-7-15-2)9-4-5-10(12)11(13)8-9/h4-5,8H,3,6-7,12-13H2,1-2H3. The van der Waals surface area contributed by atoms with E-state index in [1.807, 2.05) is 18.2 Å². The van der Waals surface area contributed by atoms with E-state index in [9.17, 15) is 0 Å². The van der Waals surface area contributed by atoms with E-state index >= 15 is 0 Å². The summed E-state index contributed by atoms with van der Waals surface area (Å²) in [6, 6.07) is 5.71. The molecule has 0 atom stereocenters. The molecule has 1 rings (SSSR count). The van der Waals surface area contributed by atoms with Crippen LogP contribution in [0.3, 0.4) is 0 Å². The molecule has 0 bridgehead atoms. The quantitative estimate of drug-likeness (QED) is 0.718. The van der Waals surface area contributed by atoms with Gasteiger partial charge in [0.15, 0.2) is 0 Å². The lowest BCUT2D eigenvalue weighted by Crippen LogP contribution is -2.26. The molecule has 0 fully saturated rings. The van der Waals surface area contributed by atoms with Crippen molar-refractivity contribution in [3.63, 3.8) is 0 Å². The van der Waals surface area contributed by atoms with Crippen molar-refractivity contribution < 1.29 is 4.74 Å². The van der Waals surface area contributed by atoms with Gasteiger partial charge in [-0.3, -0.25) is 0 Å². The van der Waals surface area contributed by atoms with Gasteiger partial charge < -0.3 is 21.1 Å². The molecule has 0 heterocycles. The first-order chi connectivity index (χ1) is 7.19. The average Bonchev–Trinajstić information content (AvgIpc) is 2.24. The van der Waals surface area contributed by atoms with Gasteiger partial charge in [-0.25, -0.2) is 0 Å². The van der Waals surface area contributed by atoms with E-state index in [2.05, 4.69) is 11.8 Å². The Kier molecular flexibility index (Phi) is 4.24. The highest BCUT2D eigenvalue weighted by atomic mass is 16.5. The number of hydrogen-bond donors (Lipinski definition) is 2. The Labute approximate surface area is 90.8 Å². The maximum atomic E-state index is 5.76. The van der Waals surface area contributed by atoms with Crippen molar-refractivity contribution >= 4 is 17.1 Å².